The third kappa shape index (κ3) is 4.68. The molecule has 3 aromatic heterocycles. The topological polar surface area (TPSA) is 184 Å². The van der Waals surface area contributed by atoms with E-state index in [-0.39, 0.29) is 17.3 Å². The molecular formula is C24H23N13O2. The highest BCUT2D eigenvalue weighted by molar-refractivity contribution is 6.00. The first kappa shape index (κ1) is 23.9. The number of tetrazole rings is 1. The van der Waals surface area contributed by atoms with Crippen LogP contribution in [0, 0.1) is 0 Å². The highest BCUT2D eigenvalue weighted by atomic mass is 16.6. The van der Waals surface area contributed by atoms with Crippen molar-refractivity contribution in [2.24, 2.45) is 5.10 Å². The molecule has 6 rings (SSSR count). The number of rotatable bonds is 7. The van der Waals surface area contributed by atoms with E-state index in [2.05, 4.69) is 63.7 Å². The maximum absolute atomic E-state index is 13.3. The molecule has 15 nitrogen and oxygen atoms in total. The van der Waals surface area contributed by atoms with Crippen molar-refractivity contribution in [3.05, 3.63) is 77.4 Å². The number of aromatic nitrogens is 9. The molecule has 0 spiro atoms. The van der Waals surface area contributed by atoms with Gasteiger partial charge in [-0.2, -0.15) is 9.78 Å². The van der Waals surface area contributed by atoms with E-state index in [1.54, 1.807) is 11.6 Å². The maximum atomic E-state index is 13.3. The number of carbonyl (C=O) groups is 1. The van der Waals surface area contributed by atoms with Gasteiger partial charge in [0.2, 0.25) is 11.6 Å². The van der Waals surface area contributed by atoms with Crippen molar-refractivity contribution in [1.29, 1.82) is 0 Å². The SMILES string of the molecule is CC(=NNC(=O)c1nnn(-c2nonc2N)c1CN1CCCc2ccccc21)c1ccc(-n2cnnn2)cc1. The molecule has 0 radical (unpaired) electrons. The zero-order valence-corrected chi connectivity index (χ0v) is 20.8. The average Bonchev–Trinajstić information content (AvgIpc) is 3.74. The molecule has 1 aliphatic rings. The van der Waals surface area contributed by atoms with Gasteiger partial charge in [-0.25, -0.2) is 14.7 Å². The summed E-state index contributed by atoms with van der Waals surface area (Å²) in [6, 6.07) is 15.6. The Bertz CT molecular complexity index is 1640. The average molecular weight is 526 g/mol. The predicted octanol–water partition coefficient (Wildman–Crippen LogP) is 1.31. The minimum absolute atomic E-state index is 0.0335. The van der Waals surface area contributed by atoms with Crippen LogP contribution in [0.25, 0.3) is 11.5 Å². The van der Waals surface area contributed by atoms with Crippen LogP contribution in [0.15, 0.2) is 64.6 Å². The molecule has 39 heavy (non-hydrogen) atoms. The van der Waals surface area contributed by atoms with Crippen molar-refractivity contribution in [2.45, 2.75) is 26.3 Å². The summed E-state index contributed by atoms with van der Waals surface area (Å²) >= 11 is 0. The second kappa shape index (κ2) is 10.1. The summed E-state index contributed by atoms with van der Waals surface area (Å²) in [5.74, 6) is -0.337. The van der Waals surface area contributed by atoms with Gasteiger partial charge >= 0.3 is 0 Å². The summed E-state index contributed by atoms with van der Waals surface area (Å²) in [4.78, 5) is 15.5. The fourth-order valence-electron chi connectivity index (χ4n) is 4.47. The van der Waals surface area contributed by atoms with Crippen LogP contribution in [0.3, 0.4) is 0 Å². The number of benzene rings is 2. The number of para-hydroxylation sites is 1. The van der Waals surface area contributed by atoms with E-state index >= 15 is 0 Å². The van der Waals surface area contributed by atoms with Gasteiger partial charge in [0.05, 0.1) is 23.6 Å². The summed E-state index contributed by atoms with van der Waals surface area (Å²) < 4.78 is 7.69. The quantitative estimate of drug-likeness (QED) is 0.231. The van der Waals surface area contributed by atoms with Crippen molar-refractivity contribution < 1.29 is 9.42 Å². The Morgan fingerprint density at radius 2 is 1.97 bits per heavy atom. The lowest BCUT2D eigenvalue weighted by Gasteiger charge is -2.31. The van der Waals surface area contributed by atoms with Gasteiger partial charge in [0.15, 0.2) is 5.69 Å². The van der Waals surface area contributed by atoms with Crippen LogP contribution in [0.2, 0.25) is 0 Å². The second-order valence-electron chi connectivity index (χ2n) is 8.86. The molecule has 2 aromatic carbocycles. The van der Waals surface area contributed by atoms with Crippen molar-refractivity contribution >= 4 is 23.1 Å². The Labute approximate surface area is 221 Å². The number of nitrogen functional groups attached to an aromatic ring is 1. The van der Waals surface area contributed by atoms with E-state index in [1.807, 2.05) is 36.4 Å². The van der Waals surface area contributed by atoms with Gasteiger partial charge in [-0.1, -0.05) is 35.5 Å². The molecule has 1 aliphatic heterocycles. The second-order valence-corrected chi connectivity index (χ2v) is 8.86. The third-order valence-corrected chi connectivity index (χ3v) is 6.45. The smallest absolute Gasteiger partial charge is 0.293 e. The molecule has 4 heterocycles. The molecule has 0 atom stereocenters. The van der Waals surface area contributed by atoms with Gasteiger partial charge in [0.1, 0.15) is 6.33 Å². The monoisotopic (exact) mass is 525 g/mol. The normalized spacial score (nSPS) is 13.4. The van der Waals surface area contributed by atoms with Crippen molar-refractivity contribution in [3.8, 4) is 11.5 Å². The van der Waals surface area contributed by atoms with Crippen molar-refractivity contribution in [1.82, 2.24) is 50.9 Å². The van der Waals surface area contributed by atoms with Gasteiger partial charge in [0.25, 0.3) is 5.91 Å². The first-order valence-electron chi connectivity index (χ1n) is 12.1. The summed E-state index contributed by atoms with van der Waals surface area (Å²) in [6.07, 6.45) is 3.47. The van der Waals surface area contributed by atoms with Crippen molar-refractivity contribution in [2.75, 3.05) is 17.2 Å². The molecule has 15 heteroatoms. The van der Waals surface area contributed by atoms with Crippen LogP contribution in [0.1, 0.15) is 40.7 Å². The fraction of sp³-hybridized carbons (Fsp3) is 0.208. The van der Waals surface area contributed by atoms with Gasteiger partial charge in [0, 0.05) is 12.2 Å². The Kier molecular flexibility index (Phi) is 6.20. The van der Waals surface area contributed by atoms with E-state index in [9.17, 15) is 4.79 Å². The molecule has 0 saturated heterocycles. The minimum atomic E-state index is -0.527. The fourth-order valence-corrected chi connectivity index (χ4v) is 4.47. The van der Waals surface area contributed by atoms with Crippen LogP contribution in [-0.4, -0.2) is 63.7 Å². The third-order valence-electron chi connectivity index (χ3n) is 6.45. The van der Waals surface area contributed by atoms with E-state index in [0.717, 1.165) is 36.3 Å². The number of nitrogens with zero attached hydrogens (tertiary/aromatic N) is 11. The molecule has 0 aliphatic carbocycles. The standard InChI is InChI=1S/C24H23N13O2/c1-15(16-8-10-18(11-9-16)36-14-26-32-34-36)27-29-24(38)21-20(37(33-28-21)23-22(25)30-39-31-23)13-35-12-4-6-17-5-2-3-7-19(17)35/h2-3,5,7-11,14H,4,6,12-13H2,1H3,(H2,25,30)(H,29,38). The summed E-state index contributed by atoms with van der Waals surface area (Å²) in [5.41, 5.74) is 13.6. The number of fused-ring (bicyclic) bond motifs is 1. The first-order chi connectivity index (χ1) is 19.1. The molecular weight excluding hydrogens is 502 g/mol. The van der Waals surface area contributed by atoms with E-state index < -0.39 is 5.91 Å². The largest absolute Gasteiger partial charge is 0.378 e. The summed E-state index contributed by atoms with van der Waals surface area (Å²) in [6.45, 7) is 2.92. The summed E-state index contributed by atoms with van der Waals surface area (Å²) in [7, 11) is 0. The molecule has 0 saturated carbocycles. The van der Waals surface area contributed by atoms with Gasteiger partial charge in [-0.05, 0) is 69.8 Å². The van der Waals surface area contributed by atoms with E-state index in [1.165, 1.54) is 16.6 Å². The Morgan fingerprint density at radius 1 is 1.13 bits per heavy atom. The van der Waals surface area contributed by atoms with Gasteiger partial charge in [-0.15, -0.1) is 10.2 Å². The number of nitrogens with one attached hydrogen (secondary N) is 1. The lowest BCUT2D eigenvalue weighted by atomic mass is 10.0. The number of hydrogen-bond donors (Lipinski definition) is 2. The molecule has 5 aromatic rings. The number of aryl methyl sites for hydroxylation is 1. The number of amides is 1. The van der Waals surface area contributed by atoms with Crippen LogP contribution in [0.5, 0.6) is 0 Å². The lowest BCUT2D eigenvalue weighted by molar-refractivity contribution is 0.0948. The predicted molar refractivity (Wildman–Crippen MR) is 138 cm³/mol. The highest BCUT2D eigenvalue weighted by Gasteiger charge is 2.27. The Balaban J connectivity index is 1.27. The molecule has 0 bridgehead atoms. The minimum Gasteiger partial charge on any atom is -0.378 e. The van der Waals surface area contributed by atoms with Crippen LogP contribution >= 0.6 is 0 Å². The first-order valence-corrected chi connectivity index (χ1v) is 12.1. The molecule has 3 N–H and O–H groups in total. The van der Waals surface area contributed by atoms with E-state index in [0.29, 0.717) is 18.0 Å². The maximum Gasteiger partial charge on any atom is 0.293 e. The number of hydrazone groups is 1. The molecule has 0 unspecified atom stereocenters. The van der Waals surface area contributed by atoms with Gasteiger partial charge < -0.3 is 10.6 Å². The summed E-state index contributed by atoms with van der Waals surface area (Å²) in [5, 5.41) is 31.2. The van der Waals surface area contributed by atoms with Crippen molar-refractivity contribution in [3.63, 3.8) is 0 Å². The van der Waals surface area contributed by atoms with E-state index in [4.69, 9.17) is 10.4 Å². The highest BCUT2D eigenvalue weighted by Crippen LogP contribution is 2.29. The lowest BCUT2D eigenvalue weighted by Crippen LogP contribution is -2.31. The molecule has 196 valence electrons. The van der Waals surface area contributed by atoms with Crippen LogP contribution in [-0.2, 0) is 13.0 Å². The number of anilines is 2. The van der Waals surface area contributed by atoms with Crippen LogP contribution in [0.4, 0.5) is 11.5 Å². The Hall–Kier alpha value is -5.47. The number of nitrogens with two attached hydrogens (primary N) is 1. The number of hydrogen-bond acceptors (Lipinski definition) is 12. The zero-order valence-electron chi connectivity index (χ0n) is 20.8. The molecule has 0 fully saturated rings. The van der Waals surface area contributed by atoms with Gasteiger partial charge in [-0.3, -0.25) is 4.79 Å². The Morgan fingerprint density at radius 3 is 2.74 bits per heavy atom. The molecule has 1 amide bonds. The number of carbonyl (C=O) groups excluding carboxylic acids is 1. The zero-order chi connectivity index (χ0) is 26.8. The van der Waals surface area contributed by atoms with Crippen LogP contribution < -0.4 is 16.1 Å².